The van der Waals surface area contributed by atoms with Crippen LogP contribution in [0.5, 0.6) is 5.75 Å². The molecule has 2 unspecified atom stereocenters. The maximum absolute atomic E-state index is 13.8. The third kappa shape index (κ3) is 8.64. The van der Waals surface area contributed by atoms with Crippen LogP contribution in [-0.4, -0.2) is 72.9 Å². The Hall–Kier alpha value is -4.75. The molecule has 2 aromatic heterocycles. The number of fused-ring (bicyclic) bond motifs is 1. The van der Waals surface area contributed by atoms with Crippen molar-refractivity contribution in [2.75, 3.05) is 47.6 Å². The van der Waals surface area contributed by atoms with Gasteiger partial charge in [0.1, 0.15) is 16.9 Å². The van der Waals surface area contributed by atoms with Gasteiger partial charge in [-0.2, -0.15) is 11.8 Å². The molecular weight excluding hydrogens is 848 g/mol. The third-order valence-electron chi connectivity index (χ3n) is 13.2. The number of nitrogens with one attached hydrogen (secondary N) is 3. The number of carbonyl (C=O) groups is 3. The molecule has 2 fully saturated rings. The van der Waals surface area contributed by atoms with Crippen molar-refractivity contribution >= 4 is 86.1 Å². The van der Waals surface area contributed by atoms with E-state index in [1.54, 1.807) is 23.3 Å². The van der Waals surface area contributed by atoms with E-state index in [0.717, 1.165) is 107 Å². The fraction of sp³-hybridized carbons (Fsp3) is 0.420. The fourth-order valence-corrected chi connectivity index (χ4v) is 12.7. The van der Waals surface area contributed by atoms with E-state index in [0.29, 0.717) is 23.4 Å². The summed E-state index contributed by atoms with van der Waals surface area (Å²) in [5.41, 5.74) is 9.92. The van der Waals surface area contributed by atoms with Gasteiger partial charge in [0.2, 0.25) is 11.8 Å². The number of thiophene rings is 1. The standard InChI is InChI=1S/C50H57ClN6O4S2/c1-29(2)52-21-18-36(53-35-9-6-8-34(25-35)48-46(51)47(61-5)30(3)63-48)28-62-27-31-12-13-33-26-44(55(4)42(33)24-31)56-22-19-32(20-23-56)37-14-15-40-45-38(37)10-7-11-39(45)50(60)57(40)41-16-17-43(58)54-49(41)59/h6,8-9,11-15,24-26,29,32,36,41,52-53H,7,10,16-23,27-28H2,1-5H3,(H,54,58,59). The van der Waals surface area contributed by atoms with Crippen LogP contribution >= 0.6 is 34.7 Å². The van der Waals surface area contributed by atoms with Gasteiger partial charge in [-0.25, -0.2) is 0 Å². The molecule has 5 aromatic rings. The Morgan fingerprint density at radius 1 is 1.02 bits per heavy atom. The van der Waals surface area contributed by atoms with E-state index in [9.17, 15) is 14.4 Å². The highest BCUT2D eigenvalue weighted by atomic mass is 35.5. The van der Waals surface area contributed by atoms with Gasteiger partial charge < -0.3 is 24.8 Å². The highest BCUT2D eigenvalue weighted by molar-refractivity contribution is 7.98. The lowest BCUT2D eigenvalue weighted by Crippen LogP contribution is -2.53. The lowest BCUT2D eigenvalue weighted by molar-refractivity contribution is -0.135. The monoisotopic (exact) mass is 904 g/mol. The maximum Gasteiger partial charge on any atom is 0.259 e. The zero-order valence-corrected chi connectivity index (χ0v) is 39.2. The average Bonchev–Trinajstić information content (AvgIpc) is 3.87. The van der Waals surface area contributed by atoms with Crippen molar-refractivity contribution in [1.29, 1.82) is 0 Å². The van der Waals surface area contributed by atoms with Gasteiger partial charge in [0.15, 0.2) is 5.75 Å². The lowest BCUT2D eigenvalue weighted by atomic mass is 9.80. The number of hydrogen-bond acceptors (Lipinski definition) is 9. The zero-order chi connectivity index (χ0) is 43.9. The summed E-state index contributed by atoms with van der Waals surface area (Å²) in [5.74, 6) is 3.54. The molecule has 3 N–H and O–H groups in total. The second kappa shape index (κ2) is 18.4. The van der Waals surface area contributed by atoms with Crippen LogP contribution < -0.4 is 30.5 Å². The first-order valence-corrected chi connectivity index (χ1v) is 24.7. The molecule has 9 rings (SSSR count). The lowest BCUT2D eigenvalue weighted by Gasteiger charge is -2.35. The molecule has 1 aliphatic carbocycles. The fourth-order valence-electron chi connectivity index (χ4n) is 10.1. The van der Waals surface area contributed by atoms with E-state index in [1.807, 2.05) is 24.8 Å². The SMILES string of the molecule is COc1c(C)sc(-c2cccc(NC(CCNC(C)C)CSCc3ccc4cc(N5CCC(c6ccc7c8c6CCC=C8C(=O)N7C6CCC(=O)NC6=O)CC5)n(C)c4c3)c2)c1Cl. The minimum atomic E-state index is -0.657. The van der Waals surface area contributed by atoms with Crippen molar-refractivity contribution in [3.8, 4) is 16.2 Å². The van der Waals surface area contributed by atoms with Gasteiger partial charge in [-0.05, 0) is 110 Å². The number of hydrogen-bond donors (Lipinski definition) is 3. The third-order valence-corrected chi connectivity index (χ3v) is 16.0. The van der Waals surface area contributed by atoms with Crippen molar-refractivity contribution in [2.24, 2.45) is 7.05 Å². The van der Waals surface area contributed by atoms with E-state index in [1.165, 1.54) is 33.4 Å². The summed E-state index contributed by atoms with van der Waals surface area (Å²) in [6.07, 6.45) is 7.41. The Morgan fingerprint density at radius 2 is 1.84 bits per heavy atom. The number of rotatable bonds is 15. The number of benzene rings is 3. The van der Waals surface area contributed by atoms with E-state index >= 15 is 0 Å². The minimum absolute atomic E-state index is 0.115. The zero-order valence-electron chi connectivity index (χ0n) is 36.8. The summed E-state index contributed by atoms with van der Waals surface area (Å²) in [6.45, 7) is 9.28. The summed E-state index contributed by atoms with van der Waals surface area (Å²) >= 11 is 10.4. The van der Waals surface area contributed by atoms with Crippen molar-refractivity contribution < 1.29 is 19.1 Å². The maximum atomic E-state index is 13.8. The number of aromatic nitrogens is 1. The molecule has 4 aliphatic rings. The molecule has 3 amide bonds. The van der Waals surface area contributed by atoms with Crippen molar-refractivity contribution in [3.63, 3.8) is 0 Å². The highest BCUT2D eigenvalue weighted by Gasteiger charge is 2.44. The van der Waals surface area contributed by atoms with Crippen LogP contribution in [0.15, 0.2) is 66.7 Å². The van der Waals surface area contributed by atoms with Gasteiger partial charge in [-0.3, -0.25) is 24.6 Å². The van der Waals surface area contributed by atoms with Crippen LogP contribution in [0, 0.1) is 6.92 Å². The number of imide groups is 1. The number of anilines is 3. The van der Waals surface area contributed by atoms with E-state index in [4.69, 9.17) is 16.3 Å². The number of methoxy groups -OCH3 is 1. The summed E-state index contributed by atoms with van der Waals surface area (Å²) in [6, 6.07) is 22.2. The molecule has 3 aliphatic heterocycles. The largest absolute Gasteiger partial charge is 0.494 e. The van der Waals surface area contributed by atoms with Crippen LogP contribution in [0.3, 0.4) is 0 Å². The Labute approximate surface area is 383 Å². The minimum Gasteiger partial charge on any atom is -0.494 e. The van der Waals surface area contributed by atoms with Crippen LogP contribution in [0.4, 0.5) is 17.2 Å². The van der Waals surface area contributed by atoms with Gasteiger partial charge in [-0.15, -0.1) is 11.3 Å². The summed E-state index contributed by atoms with van der Waals surface area (Å²) in [7, 11) is 3.87. The smallest absolute Gasteiger partial charge is 0.259 e. The van der Waals surface area contributed by atoms with E-state index in [2.05, 4.69) is 107 Å². The highest BCUT2D eigenvalue weighted by Crippen LogP contribution is 2.48. The number of piperidine rings is 2. The Morgan fingerprint density at radius 3 is 2.60 bits per heavy atom. The van der Waals surface area contributed by atoms with Crippen molar-refractivity contribution in [2.45, 2.75) is 95.5 Å². The van der Waals surface area contributed by atoms with Gasteiger partial charge in [0.05, 0.1) is 17.7 Å². The second-order valence-electron chi connectivity index (χ2n) is 17.7. The van der Waals surface area contributed by atoms with Crippen LogP contribution in [0.2, 0.25) is 5.02 Å². The number of thioether (sulfide) groups is 1. The van der Waals surface area contributed by atoms with Gasteiger partial charge in [0.25, 0.3) is 5.91 Å². The Kier molecular flexibility index (Phi) is 12.7. The summed E-state index contributed by atoms with van der Waals surface area (Å²) in [5, 5.41) is 11.8. The molecule has 13 heteroatoms. The quantitative estimate of drug-likeness (QED) is 0.0893. The number of halogens is 1. The molecule has 0 radical (unpaired) electrons. The number of allylic oxidation sites excluding steroid dienone is 1. The predicted molar refractivity (Wildman–Crippen MR) is 261 cm³/mol. The first-order chi connectivity index (χ1) is 30.5. The van der Waals surface area contributed by atoms with Crippen LogP contribution in [0.25, 0.3) is 26.9 Å². The molecule has 330 valence electrons. The van der Waals surface area contributed by atoms with Crippen LogP contribution in [0.1, 0.15) is 85.4 Å². The van der Waals surface area contributed by atoms with E-state index < -0.39 is 6.04 Å². The Bertz CT molecular complexity index is 2610. The summed E-state index contributed by atoms with van der Waals surface area (Å²) < 4.78 is 7.92. The molecule has 3 aromatic carbocycles. The number of nitrogens with zero attached hydrogens (tertiary/aromatic N) is 3. The average molecular weight is 906 g/mol. The number of ether oxygens (including phenoxy) is 1. The second-order valence-corrected chi connectivity index (χ2v) is 20.3. The first kappa shape index (κ1) is 43.5. The molecule has 10 nitrogen and oxygen atoms in total. The molecule has 5 heterocycles. The van der Waals surface area contributed by atoms with Gasteiger partial charge in [-0.1, -0.05) is 61.9 Å². The molecule has 0 spiro atoms. The normalized spacial score (nSPS) is 18.3. The van der Waals surface area contributed by atoms with E-state index in [-0.39, 0.29) is 30.2 Å². The van der Waals surface area contributed by atoms with Crippen molar-refractivity contribution in [3.05, 3.63) is 98.9 Å². The molecule has 0 saturated carbocycles. The van der Waals surface area contributed by atoms with Crippen molar-refractivity contribution in [1.82, 2.24) is 15.2 Å². The summed E-state index contributed by atoms with van der Waals surface area (Å²) in [4.78, 5) is 44.8. The molecule has 0 bridgehead atoms. The molecule has 2 saturated heterocycles. The first-order valence-electron chi connectivity index (χ1n) is 22.4. The van der Waals surface area contributed by atoms with Crippen LogP contribution in [-0.2, 0) is 33.6 Å². The predicted octanol–water partition coefficient (Wildman–Crippen LogP) is 9.84. The van der Waals surface area contributed by atoms with Gasteiger partial charge >= 0.3 is 0 Å². The molecule has 2 atom stereocenters. The van der Waals surface area contributed by atoms with Gasteiger partial charge in [0, 0.05) is 82.8 Å². The number of aryl methyl sites for hydroxylation is 2. The number of amides is 3. The molecule has 63 heavy (non-hydrogen) atoms. The topological polar surface area (TPSA) is 108 Å². The molecular formula is C50H57ClN6O4S2. The number of carbonyl (C=O) groups excluding carboxylic acids is 3. The Balaban J connectivity index is 0.847.